The summed E-state index contributed by atoms with van der Waals surface area (Å²) in [6.45, 7) is 11.1. The Morgan fingerprint density at radius 2 is 2.04 bits per heavy atom. The highest BCUT2D eigenvalue weighted by atomic mass is 127. The van der Waals surface area contributed by atoms with Crippen LogP contribution < -0.4 is 15.5 Å². The van der Waals surface area contributed by atoms with Gasteiger partial charge in [0.1, 0.15) is 0 Å². The molecule has 0 radical (unpaired) electrons. The molecule has 25 heavy (non-hydrogen) atoms. The lowest BCUT2D eigenvalue weighted by Gasteiger charge is -2.33. The third-order valence-corrected chi connectivity index (χ3v) is 5.64. The van der Waals surface area contributed by atoms with Crippen molar-refractivity contribution in [3.05, 3.63) is 17.5 Å². The fraction of sp³-hybridized carbons (Fsp3) is 0.722. The van der Waals surface area contributed by atoms with Gasteiger partial charge >= 0.3 is 0 Å². The number of aliphatic imine (C=N–C) groups is 1. The summed E-state index contributed by atoms with van der Waals surface area (Å²) in [5, 5.41) is 10.6. The lowest BCUT2D eigenvalue weighted by atomic mass is 10.1. The van der Waals surface area contributed by atoms with E-state index in [-0.39, 0.29) is 24.0 Å². The molecule has 2 heterocycles. The highest BCUT2D eigenvalue weighted by Crippen LogP contribution is 2.24. The van der Waals surface area contributed by atoms with E-state index in [2.05, 4.69) is 56.8 Å². The second kappa shape index (κ2) is 12.8. The highest BCUT2D eigenvalue weighted by Gasteiger charge is 2.20. The minimum atomic E-state index is 0. The summed E-state index contributed by atoms with van der Waals surface area (Å²) >= 11 is 1.83. The Hall–Kier alpha value is -0.540. The number of rotatable bonds is 8. The Labute approximate surface area is 174 Å². The first-order chi connectivity index (χ1) is 11.8. The molecule has 2 N–H and O–H groups in total. The zero-order valence-electron chi connectivity index (χ0n) is 15.8. The lowest BCUT2D eigenvalue weighted by molar-refractivity contribution is 0.300. The number of hydrogen-bond donors (Lipinski definition) is 2. The summed E-state index contributed by atoms with van der Waals surface area (Å²) < 4.78 is 0. The lowest BCUT2D eigenvalue weighted by Crippen LogP contribution is -2.49. The van der Waals surface area contributed by atoms with Gasteiger partial charge in [0.2, 0.25) is 0 Å². The molecule has 0 aliphatic carbocycles. The number of guanidine groups is 1. The van der Waals surface area contributed by atoms with Crippen molar-refractivity contribution in [3.8, 4) is 0 Å². The number of nitrogens with zero attached hydrogens (tertiary/aromatic N) is 3. The molecule has 0 bridgehead atoms. The zero-order chi connectivity index (χ0) is 17.2. The van der Waals surface area contributed by atoms with Gasteiger partial charge in [0, 0.05) is 32.7 Å². The van der Waals surface area contributed by atoms with Crippen LogP contribution in [-0.4, -0.2) is 63.2 Å². The van der Waals surface area contributed by atoms with Gasteiger partial charge in [-0.2, -0.15) is 0 Å². The van der Waals surface area contributed by atoms with Crippen molar-refractivity contribution in [3.63, 3.8) is 0 Å². The highest BCUT2D eigenvalue weighted by molar-refractivity contribution is 14.0. The smallest absolute Gasteiger partial charge is 0.191 e. The molecule has 144 valence electrons. The summed E-state index contributed by atoms with van der Waals surface area (Å²) in [5.74, 6) is 0.948. The maximum absolute atomic E-state index is 4.38. The van der Waals surface area contributed by atoms with Crippen molar-refractivity contribution in [1.82, 2.24) is 15.5 Å². The van der Waals surface area contributed by atoms with Crippen molar-refractivity contribution < 1.29 is 0 Å². The molecule has 0 atom stereocenters. The summed E-state index contributed by atoms with van der Waals surface area (Å²) in [5.41, 5.74) is 0. The molecule has 0 saturated carbocycles. The van der Waals surface area contributed by atoms with Crippen LogP contribution >= 0.6 is 35.3 Å². The Balaban J connectivity index is 0.00000312. The molecule has 1 aliphatic rings. The van der Waals surface area contributed by atoms with E-state index in [0.717, 1.165) is 64.5 Å². The van der Waals surface area contributed by atoms with Gasteiger partial charge in [-0.05, 0) is 56.4 Å². The summed E-state index contributed by atoms with van der Waals surface area (Å²) in [4.78, 5) is 9.32. The van der Waals surface area contributed by atoms with Crippen LogP contribution in [0, 0.1) is 0 Å². The quantitative estimate of drug-likeness (QED) is 0.260. The molecule has 1 fully saturated rings. The molecule has 1 aromatic heterocycles. The second-order valence-electron chi connectivity index (χ2n) is 6.24. The van der Waals surface area contributed by atoms with Crippen molar-refractivity contribution >= 4 is 46.3 Å². The van der Waals surface area contributed by atoms with E-state index in [1.54, 1.807) is 0 Å². The maximum Gasteiger partial charge on any atom is 0.191 e. The number of thiophene rings is 1. The van der Waals surface area contributed by atoms with E-state index >= 15 is 0 Å². The SMILES string of the molecule is CCN(CC)CCCNC(=NC)NC1CCN(c2cccs2)CC1.I. The molecule has 0 amide bonds. The molecule has 0 unspecified atom stereocenters. The van der Waals surface area contributed by atoms with Crippen LogP contribution in [0.15, 0.2) is 22.5 Å². The Morgan fingerprint density at radius 1 is 1.32 bits per heavy atom. The van der Waals surface area contributed by atoms with Crippen LogP contribution in [0.4, 0.5) is 5.00 Å². The monoisotopic (exact) mass is 479 g/mol. The van der Waals surface area contributed by atoms with Crippen molar-refractivity contribution in [1.29, 1.82) is 0 Å². The van der Waals surface area contributed by atoms with Gasteiger partial charge in [0.05, 0.1) is 5.00 Å². The number of piperidine rings is 1. The third-order valence-electron chi connectivity index (χ3n) is 4.72. The topological polar surface area (TPSA) is 42.9 Å². The number of nitrogens with one attached hydrogen (secondary N) is 2. The summed E-state index contributed by atoms with van der Waals surface area (Å²) in [7, 11) is 1.86. The Bertz CT molecular complexity index is 468. The molecule has 7 heteroatoms. The predicted molar refractivity (Wildman–Crippen MR) is 122 cm³/mol. The van der Waals surface area contributed by atoms with Gasteiger partial charge in [0.25, 0.3) is 0 Å². The van der Waals surface area contributed by atoms with Crippen LogP contribution in [0.1, 0.15) is 33.1 Å². The van der Waals surface area contributed by atoms with Crippen LogP contribution in [0.25, 0.3) is 0 Å². The minimum Gasteiger partial charge on any atom is -0.363 e. The molecule has 1 aliphatic heterocycles. The van der Waals surface area contributed by atoms with E-state index < -0.39 is 0 Å². The van der Waals surface area contributed by atoms with E-state index in [1.165, 1.54) is 5.00 Å². The van der Waals surface area contributed by atoms with E-state index in [0.29, 0.717) is 6.04 Å². The van der Waals surface area contributed by atoms with E-state index in [1.807, 2.05) is 18.4 Å². The number of hydrogen-bond acceptors (Lipinski definition) is 4. The van der Waals surface area contributed by atoms with Crippen LogP contribution in [0.3, 0.4) is 0 Å². The van der Waals surface area contributed by atoms with E-state index in [4.69, 9.17) is 0 Å². The van der Waals surface area contributed by atoms with E-state index in [9.17, 15) is 0 Å². The van der Waals surface area contributed by atoms with Crippen LogP contribution in [0.2, 0.25) is 0 Å². The average Bonchev–Trinajstić information content (AvgIpc) is 3.16. The maximum atomic E-state index is 4.38. The molecule has 0 spiro atoms. The van der Waals surface area contributed by atoms with Gasteiger partial charge in [0.15, 0.2) is 5.96 Å². The first-order valence-electron chi connectivity index (χ1n) is 9.24. The molecule has 5 nitrogen and oxygen atoms in total. The largest absolute Gasteiger partial charge is 0.363 e. The number of anilines is 1. The Kier molecular flexibility index (Phi) is 11.5. The molecule has 1 saturated heterocycles. The first kappa shape index (κ1) is 22.5. The van der Waals surface area contributed by atoms with Gasteiger partial charge in [-0.15, -0.1) is 35.3 Å². The third kappa shape index (κ3) is 7.70. The van der Waals surface area contributed by atoms with Crippen molar-refractivity contribution in [2.45, 2.75) is 39.2 Å². The average molecular weight is 479 g/mol. The van der Waals surface area contributed by atoms with Gasteiger partial charge < -0.3 is 20.4 Å². The molecule has 0 aromatic carbocycles. The zero-order valence-corrected chi connectivity index (χ0v) is 19.0. The predicted octanol–water partition coefficient (Wildman–Crippen LogP) is 3.23. The number of halogens is 1. The van der Waals surface area contributed by atoms with Crippen molar-refractivity contribution in [2.75, 3.05) is 51.2 Å². The minimum absolute atomic E-state index is 0. The van der Waals surface area contributed by atoms with Crippen molar-refractivity contribution in [2.24, 2.45) is 4.99 Å². The summed E-state index contributed by atoms with van der Waals surface area (Å²) in [6.07, 6.45) is 3.48. The fourth-order valence-corrected chi connectivity index (χ4v) is 3.92. The molecular weight excluding hydrogens is 445 g/mol. The standard InChI is InChI=1S/C18H33N5S.HI/c1-4-22(5-2)12-7-11-20-18(19-3)21-16-9-13-23(14-10-16)17-8-6-15-24-17;/h6,8,15-16H,4-5,7,9-14H2,1-3H3,(H2,19,20,21);1H. The van der Waals surface area contributed by atoms with Gasteiger partial charge in [-0.25, -0.2) is 0 Å². The first-order valence-corrected chi connectivity index (χ1v) is 10.1. The van der Waals surface area contributed by atoms with Crippen LogP contribution in [0.5, 0.6) is 0 Å². The Morgan fingerprint density at radius 3 is 2.60 bits per heavy atom. The summed E-state index contributed by atoms with van der Waals surface area (Å²) in [6, 6.07) is 4.87. The molecule has 2 rings (SSSR count). The van der Waals surface area contributed by atoms with Gasteiger partial charge in [-0.1, -0.05) is 13.8 Å². The van der Waals surface area contributed by atoms with Gasteiger partial charge in [-0.3, -0.25) is 4.99 Å². The second-order valence-corrected chi connectivity index (χ2v) is 7.16. The normalized spacial score (nSPS) is 16.0. The molecular formula is C18H34IN5S. The molecule has 1 aromatic rings. The van der Waals surface area contributed by atoms with Crippen LogP contribution in [-0.2, 0) is 0 Å². The fourth-order valence-electron chi connectivity index (χ4n) is 3.13.